The standard InChI is InChI=1S/C12H15ClN2O2/c1-15-6-7(5-10(14)12(16)17)8-3-2-4-9(13)11(8)15/h3,6,10H,2,4-5,14H2,1H3,(H,16,17). The zero-order chi connectivity index (χ0) is 12.6. The molecule has 1 aliphatic carbocycles. The normalized spacial score (nSPS) is 16.3. The summed E-state index contributed by atoms with van der Waals surface area (Å²) in [6, 6.07) is -0.865. The maximum atomic E-state index is 10.8. The lowest BCUT2D eigenvalue weighted by Crippen LogP contribution is -2.37. The summed E-state index contributed by atoms with van der Waals surface area (Å²) in [4.78, 5) is 10.8. The Bertz CT molecular complexity index is 574. The van der Waals surface area contributed by atoms with Gasteiger partial charge in [0.05, 0.1) is 5.35 Å². The molecule has 1 unspecified atom stereocenters. The van der Waals surface area contributed by atoms with Crippen LogP contribution in [-0.2, 0) is 18.3 Å². The smallest absolute Gasteiger partial charge is 0.320 e. The van der Waals surface area contributed by atoms with E-state index in [1.165, 1.54) is 0 Å². The molecule has 0 aliphatic heterocycles. The molecule has 4 nitrogen and oxygen atoms in total. The summed E-state index contributed by atoms with van der Waals surface area (Å²) in [5.41, 5.74) is 6.52. The Balaban J connectivity index is 2.49. The quantitative estimate of drug-likeness (QED) is 0.792. The van der Waals surface area contributed by atoms with Crippen LogP contribution in [0.25, 0.3) is 11.1 Å². The molecular weight excluding hydrogens is 240 g/mol. The fraction of sp³-hybridized carbons (Fsp3) is 0.417. The van der Waals surface area contributed by atoms with E-state index in [1.807, 2.05) is 17.8 Å². The third-order valence-electron chi connectivity index (χ3n) is 3.03. The van der Waals surface area contributed by atoms with E-state index in [1.54, 1.807) is 0 Å². The zero-order valence-electron chi connectivity index (χ0n) is 9.61. The minimum atomic E-state index is -0.978. The zero-order valence-corrected chi connectivity index (χ0v) is 10.4. The van der Waals surface area contributed by atoms with Crippen LogP contribution >= 0.6 is 11.6 Å². The van der Waals surface area contributed by atoms with Gasteiger partial charge in [0.25, 0.3) is 0 Å². The van der Waals surface area contributed by atoms with Crippen LogP contribution in [-0.4, -0.2) is 21.7 Å². The van der Waals surface area contributed by atoms with Crippen molar-refractivity contribution >= 4 is 28.7 Å². The summed E-state index contributed by atoms with van der Waals surface area (Å²) in [7, 11) is 1.91. The Kier molecular flexibility index (Phi) is 3.26. The number of halogens is 1. The van der Waals surface area contributed by atoms with Gasteiger partial charge in [0.1, 0.15) is 6.04 Å². The highest BCUT2D eigenvalue weighted by molar-refractivity contribution is 6.45. The summed E-state index contributed by atoms with van der Waals surface area (Å²) in [5.74, 6) is -0.978. The number of carboxylic acid groups (broad SMARTS) is 1. The molecule has 1 aliphatic rings. The van der Waals surface area contributed by atoms with Gasteiger partial charge in [0, 0.05) is 29.9 Å². The van der Waals surface area contributed by atoms with Gasteiger partial charge in [-0.15, -0.1) is 0 Å². The molecule has 1 heterocycles. The Labute approximate surface area is 104 Å². The number of carboxylic acids is 1. The number of aryl methyl sites for hydroxylation is 1. The Morgan fingerprint density at radius 2 is 2.41 bits per heavy atom. The summed E-state index contributed by atoms with van der Waals surface area (Å²) >= 11 is 6.19. The highest BCUT2D eigenvalue weighted by Crippen LogP contribution is 2.12. The molecule has 1 aromatic rings. The van der Waals surface area contributed by atoms with Gasteiger partial charge in [-0.2, -0.15) is 0 Å². The van der Waals surface area contributed by atoms with Crippen LogP contribution in [0.1, 0.15) is 18.4 Å². The van der Waals surface area contributed by atoms with Crippen LogP contribution in [0.4, 0.5) is 0 Å². The van der Waals surface area contributed by atoms with Gasteiger partial charge in [0.2, 0.25) is 0 Å². The van der Waals surface area contributed by atoms with Gasteiger partial charge in [-0.1, -0.05) is 17.7 Å². The SMILES string of the molecule is Cn1cc(CC(N)C(=O)O)c2c1=C(Cl)CCC=2. The van der Waals surface area contributed by atoms with Gasteiger partial charge in [-0.3, -0.25) is 4.79 Å². The molecule has 3 N–H and O–H groups in total. The van der Waals surface area contributed by atoms with Crippen LogP contribution in [0.5, 0.6) is 0 Å². The summed E-state index contributed by atoms with van der Waals surface area (Å²) in [5, 5.41) is 11.7. The third-order valence-corrected chi connectivity index (χ3v) is 3.40. The molecule has 0 amide bonds. The van der Waals surface area contributed by atoms with E-state index in [-0.39, 0.29) is 0 Å². The summed E-state index contributed by atoms with van der Waals surface area (Å²) in [6.07, 6.45) is 6.09. The van der Waals surface area contributed by atoms with Crippen molar-refractivity contribution < 1.29 is 9.90 Å². The van der Waals surface area contributed by atoms with Crippen molar-refractivity contribution in [2.24, 2.45) is 12.8 Å². The molecule has 5 heteroatoms. The average Bonchev–Trinajstić information content (AvgIpc) is 2.57. The van der Waals surface area contributed by atoms with E-state index in [2.05, 4.69) is 6.08 Å². The monoisotopic (exact) mass is 254 g/mol. The van der Waals surface area contributed by atoms with E-state index < -0.39 is 12.0 Å². The van der Waals surface area contributed by atoms with Crippen LogP contribution in [0, 0.1) is 0 Å². The van der Waals surface area contributed by atoms with Crippen molar-refractivity contribution in [1.29, 1.82) is 0 Å². The Hall–Kier alpha value is -1.26. The lowest BCUT2D eigenvalue weighted by atomic mass is 10.0. The first-order valence-electron chi connectivity index (χ1n) is 5.52. The van der Waals surface area contributed by atoms with Crippen molar-refractivity contribution in [2.75, 3.05) is 0 Å². The number of aliphatic carboxylic acids is 1. The number of nitrogens with two attached hydrogens (primary N) is 1. The first-order chi connectivity index (χ1) is 8.00. The molecule has 1 atom stereocenters. The van der Waals surface area contributed by atoms with Gasteiger partial charge < -0.3 is 15.4 Å². The molecule has 0 saturated heterocycles. The van der Waals surface area contributed by atoms with E-state index in [0.29, 0.717) is 6.42 Å². The lowest BCUT2D eigenvalue weighted by molar-refractivity contribution is -0.138. The van der Waals surface area contributed by atoms with Gasteiger partial charge in [0.15, 0.2) is 0 Å². The van der Waals surface area contributed by atoms with E-state index in [0.717, 1.165) is 34.0 Å². The average molecular weight is 255 g/mol. The molecular formula is C12H15ClN2O2. The van der Waals surface area contributed by atoms with Crippen LogP contribution in [0.3, 0.4) is 0 Å². The molecule has 0 aromatic carbocycles. The second kappa shape index (κ2) is 4.55. The molecule has 0 fully saturated rings. The van der Waals surface area contributed by atoms with Crippen molar-refractivity contribution in [3.05, 3.63) is 22.3 Å². The third kappa shape index (κ3) is 2.23. The Morgan fingerprint density at radius 3 is 3.06 bits per heavy atom. The number of carbonyl (C=O) groups is 1. The minimum absolute atomic E-state index is 0.333. The maximum Gasteiger partial charge on any atom is 0.320 e. The summed E-state index contributed by atoms with van der Waals surface area (Å²) in [6.45, 7) is 0. The van der Waals surface area contributed by atoms with Gasteiger partial charge in [-0.25, -0.2) is 0 Å². The van der Waals surface area contributed by atoms with E-state index >= 15 is 0 Å². The molecule has 0 spiro atoms. The number of nitrogens with zero attached hydrogens (tertiary/aromatic N) is 1. The van der Waals surface area contributed by atoms with Crippen molar-refractivity contribution in [3.8, 4) is 0 Å². The molecule has 92 valence electrons. The maximum absolute atomic E-state index is 10.8. The highest BCUT2D eigenvalue weighted by Gasteiger charge is 2.16. The van der Waals surface area contributed by atoms with Crippen LogP contribution in [0.2, 0.25) is 0 Å². The Morgan fingerprint density at radius 1 is 1.71 bits per heavy atom. The first kappa shape index (κ1) is 12.2. The van der Waals surface area contributed by atoms with E-state index in [9.17, 15) is 4.79 Å². The lowest BCUT2D eigenvalue weighted by Gasteiger charge is -2.05. The largest absolute Gasteiger partial charge is 0.480 e. The number of rotatable bonds is 3. The highest BCUT2D eigenvalue weighted by atomic mass is 35.5. The minimum Gasteiger partial charge on any atom is -0.480 e. The predicted molar refractivity (Wildman–Crippen MR) is 66.9 cm³/mol. The van der Waals surface area contributed by atoms with Crippen molar-refractivity contribution in [2.45, 2.75) is 25.3 Å². The molecule has 2 rings (SSSR count). The number of aromatic nitrogens is 1. The second-order valence-corrected chi connectivity index (χ2v) is 4.78. The topological polar surface area (TPSA) is 68.2 Å². The fourth-order valence-electron chi connectivity index (χ4n) is 2.22. The first-order valence-corrected chi connectivity index (χ1v) is 5.90. The molecule has 1 aromatic heterocycles. The van der Waals surface area contributed by atoms with Crippen LogP contribution < -0.4 is 16.3 Å². The van der Waals surface area contributed by atoms with Crippen molar-refractivity contribution in [1.82, 2.24) is 4.57 Å². The molecule has 0 bridgehead atoms. The van der Waals surface area contributed by atoms with Gasteiger partial charge in [-0.05, 0) is 18.4 Å². The molecule has 0 radical (unpaired) electrons. The second-order valence-electron chi connectivity index (χ2n) is 4.32. The van der Waals surface area contributed by atoms with E-state index in [4.69, 9.17) is 22.4 Å². The molecule has 17 heavy (non-hydrogen) atoms. The fourth-order valence-corrected chi connectivity index (χ4v) is 2.57. The predicted octanol–water partition coefficient (Wildman–Crippen LogP) is -0.0992. The van der Waals surface area contributed by atoms with Gasteiger partial charge >= 0.3 is 5.97 Å². The van der Waals surface area contributed by atoms with Crippen LogP contribution in [0.15, 0.2) is 6.20 Å². The van der Waals surface area contributed by atoms with Crippen molar-refractivity contribution in [3.63, 3.8) is 0 Å². The molecule has 0 saturated carbocycles. The number of fused-ring (bicyclic) bond motifs is 1. The summed E-state index contributed by atoms with van der Waals surface area (Å²) < 4.78 is 1.94. The number of hydrogen-bond acceptors (Lipinski definition) is 2. The number of hydrogen-bond donors (Lipinski definition) is 2.